The van der Waals surface area contributed by atoms with Crippen molar-refractivity contribution < 1.29 is 0 Å². The second-order valence-corrected chi connectivity index (χ2v) is 5.75. The fourth-order valence-corrected chi connectivity index (χ4v) is 2.61. The summed E-state index contributed by atoms with van der Waals surface area (Å²) in [5.74, 6) is 1.22. The van der Waals surface area contributed by atoms with E-state index in [9.17, 15) is 0 Å². The lowest BCUT2D eigenvalue weighted by atomic mass is 9.76. The molecule has 3 nitrogen and oxygen atoms in total. The zero-order valence-electron chi connectivity index (χ0n) is 10.3. The lowest BCUT2D eigenvalue weighted by molar-refractivity contribution is 0.323. The Bertz CT molecular complexity index is 462. The molecule has 0 saturated heterocycles. The molecule has 2 saturated carbocycles. The van der Waals surface area contributed by atoms with Crippen LogP contribution in [0, 0.1) is 0 Å². The van der Waals surface area contributed by atoms with Crippen LogP contribution in [0.25, 0.3) is 0 Å². The first-order valence-corrected chi connectivity index (χ1v) is 6.94. The summed E-state index contributed by atoms with van der Waals surface area (Å²) in [6.07, 6.45) is 4.61. The fraction of sp³-hybridized carbons (Fsp3) is 0.500. The van der Waals surface area contributed by atoms with Gasteiger partial charge in [-0.3, -0.25) is 4.99 Å². The van der Waals surface area contributed by atoms with E-state index >= 15 is 0 Å². The summed E-state index contributed by atoms with van der Waals surface area (Å²) in [5, 5.41) is 4.12. The molecule has 0 atom stereocenters. The topological polar surface area (TPSA) is 50.4 Å². The van der Waals surface area contributed by atoms with Crippen LogP contribution in [0.5, 0.6) is 0 Å². The maximum Gasteiger partial charge on any atom is 0.189 e. The van der Waals surface area contributed by atoms with Gasteiger partial charge in [0.15, 0.2) is 5.96 Å². The molecule has 0 spiro atoms. The number of nitrogens with two attached hydrogens (primary N) is 1. The third-order valence-corrected chi connectivity index (χ3v) is 3.91. The van der Waals surface area contributed by atoms with Gasteiger partial charge in [0.25, 0.3) is 0 Å². The molecule has 1 aromatic rings. The SMILES string of the molecule is NC(=NC1CC1)NC1CC(c2cccc(Cl)c2)C1. The number of hydrogen-bond acceptors (Lipinski definition) is 1. The number of hydrogen-bond donors (Lipinski definition) is 2. The summed E-state index contributed by atoms with van der Waals surface area (Å²) in [7, 11) is 0. The lowest BCUT2D eigenvalue weighted by Gasteiger charge is -2.36. The molecule has 2 aliphatic carbocycles. The summed E-state index contributed by atoms with van der Waals surface area (Å²) in [4.78, 5) is 4.38. The minimum Gasteiger partial charge on any atom is -0.370 e. The summed E-state index contributed by atoms with van der Waals surface area (Å²) in [6, 6.07) is 9.09. The highest BCUT2D eigenvalue weighted by molar-refractivity contribution is 6.30. The van der Waals surface area contributed by atoms with E-state index in [2.05, 4.69) is 22.4 Å². The highest BCUT2D eigenvalue weighted by Crippen LogP contribution is 2.37. The monoisotopic (exact) mass is 263 g/mol. The number of nitrogens with one attached hydrogen (secondary N) is 1. The highest BCUT2D eigenvalue weighted by atomic mass is 35.5. The summed E-state index contributed by atoms with van der Waals surface area (Å²) < 4.78 is 0. The van der Waals surface area contributed by atoms with E-state index in [1.54, 1.807) is 0 Å². The molecule has 0 aromatic heterocycles. The van der Waals surface area contributed by atoms with E-state index in [1.807, 2.05) is 12.1 Å². The molecule has 0 heterocycles. The van der Waals surface area contributed by atoms with Crippen LogP contribution in [-0.4, -0.2) is 18.0 Å². The van der Waals surface area contributed by atoms with E-state index in [0.717, 1.165) is 17.9 Å². The molecule has 0 amide bonds. The van der Waals surface area contributed by atoms with Gasteiger partial charge in [0, 0.05) is 11.1 Å². The number of guanidine groups is 1. The van der Waals surface area contributed by atoms with Gasteiger partial charge in [-0.05, 0) is 49.3 Å². The minimum atomic E-state index is 0.469. The quantitative estimate of drug-likeness (QED) is 0.651. The van der Waals surface area contributed by atoms with Gasteiger partial charge in [-0.25, -0.2) is 0 Å². The first-order chi connectivity index (χ1) is 8.70. The van der Waals surface area contributed by atoms with Crippen LogP contribution in [-0.2, 0) is 0 Å². The molecule has 3 rings (SSSR count). The van der Waals surface area contributed by atoms with Crippen molar-refractivity contribution >= 4 is 17.6 Å². The van der Waals surface area contributed by atoms with Crippen molar-refractivity contribution in [3.05, 3.63) is 34.9 Å². The molecular weight excluding hydrogens is 246 g/mol. The Balaban J connectivity index is 1.50. The number of rotatable bonds is 3. The molecule has 3 N–H and O–H groups in total. The Kier molecular flexibility index (Phi) is 3.16. The zero-order chi connectivity index (χ0) is 12.5. The van der Waals surface area contributed by atoms with Gasteiger partial charge in [0.2, 0.25) is 0 Å². The van der Waals surface area contributed by atoms with Crippen molar-refractivity contribution in [1.82, 2.24) is 5.32 Å². The molecule has 2 aliphatic rings. The van der Waals surface area contributed by atoms with Gasteiger partial charge in [-0.2, -0.15) is 0 Å². The maximum atomic E-state index is 6.00. The predicted molar refractivity (Wildman–Crippen MR) is 75.0 cm³/mol. The fourth-order valence-electron chi connectivity index (χ4n) is 2.42. The number of halogens is 1. The average molecular weight is 264 g/mol. The lowest BCUT2D eigenvalue weighted by Crippen LogP contribution is -2.46. The van der Waals surface area contributed by atoms with Crippen LogP contribution in [0.2, 0.25) is 5.02 Å². The van der Waals surface area contributed by atoms with Crippen LogP contribution in [0.15, 0.2) is 29.3 Å². The molecule has 96 valence electrons. The third kappa shape index (κ3) is 2.78. The van der Waals surface area contributed by atoms with E-state index in [4.69, 9.17) is 17.3 Å². The van der Waals surface area contributed by atoms with E-state index < -0.39 is 0 Å². The molecule has 18 heavy (non-hydrogen) atoms. The van der Waals surface area contributed by atoms with Crippen LogP contribution < -0.4 is 11.1 Å². The van der Waals surface area contributed by atoms with E-state index in [-0.39, 0.29) is 0 Å². The van der Waals surface area contributed by atoms with Crippen LogP contribution in [0.3, 0.4) is 0 Å². The summed E-state index contributed by atoms with van der Waals surface area (Å²) >= 11 is 6.00. The normalized spacial score (nSPS) is 27.7. The van der Waals surface area contributed by atoms with Crippen molar-refractivity contribution in [2.24, 2.45) is 10.7 Å². The molecular formula is C14H18ClN3. The average Bonchev–Trinajstić information content (AvgIpc) is 3.06. The highest BCUT2D eigenvalue weighted by Gasteiger charge is 2.31. The Hall–Kier alpha value is -1.22. The Morgan fingerprint density at radius 1 is 1.33 bits per heavy atom. The van der Waals surface area contributed by atoms with Crippen molar-refractivity contribution in [2.75, 3.05) is 0 Å². The minimum absolute atomic E-state index is 0.469. The first-order valence-electron chi connectivity index (χ1n) is 6.56. The van der Waals surface area contributed by atoms with Gasteiger partial charge >= 0.3 is 0 Å². The van der Waals surface area contributed by atoms with Gasteiger partial charge in [0.05, 0.1) is 6.04 Å². The van der Waals surface area contributed by atoms with Crippen LogP contribution in [0.4, 0.5) is 0 Å². The molecule has 0 radical (unpaired) electrons. The smallest absolute Gasteiger partial charge is 0.189 e. The Morgan fingerprint density at radius 2 is 2.11 bits per heavy atom. The predicted octanol–water partition coefficient (Wildman–Crippen LogP) is 2.65. The van der Waals surface area contributed by atoms with Gasteiger partial charge in [-0.15, -0.1) is 0 Å². The van der Waals surface area contributed by atoms with Crippen molar-refractivity contribution in [1.29, 1.82) is 0 Å². The second kappa shape index (κ2) is 4.81. The Labute approximate surface area is 112 Å². The zero-order valence-corrected chi connectivity index (χ0v) is 11.0. The van der Waals surface area contributed by atoms with Crippen molar-refractivity contribution in [3.63, 3.8) is 0 Å². The molecule has 0 unspecified atom stereocenters. The van der Waals surface area contributed by atoms with Crippen molar-refractivity contribution in [2.45, 2.75) is 43.7 Å². The van der Waals surface area contributed by atoms with E-state index in [1.165, 1.54) is 18.4 Å². The number of benzene rings is 1. The summed E-state index contributed by atoms with van der Waals surface area (Å²) in [5.41, 5.74) is 7.18. The van der Waals surface area contributed by atoms with Gasteiger partial charge in [-0.1, -0.05) is 23.7 Å². The van der Waals surface area contributed by atoms with Gasteiger partial charge < -0.3 is 11.1 Å². The maximum absolute atomic E-state index is 6.00. The molecule has 0 bridgehead atoms. The number of nitrogens with zero attached hydrogens (tertiary/aromatic N) is 1. The van der Waals surface area contributed by atoms with Gasteiger partial charge in [0.1, 0.15) is 0 Å². The van der Waals surface area contributed by atoms with Crippen LogP contribution in [0.1, 0.15) is 37.2 Å². The summed E-state index contributed by atoms with van der Waals surface area (Å²) in [6.45, 7) is 0. The number of aliphatic imine (C=N–C) groups is 1. The van der Waals surface area contributed by atoms with Crippen LogP contribution >= 0.6 is 11.6 Å². The first kappa shape index (κ1) is 11.8. The molecule has 2 fully saturated rings. The van der Waals surface area contributed by atoms with E-state index in [0.29, 0.717) is 24.0 Å². The molecule has 1 aromatic carbocycles. The standard InChI is InChI=1S/C14H18ClN3/c15-11-3-1-2-9(6-11)10-7-13(8-10)18-14(16)17-12-4-5-12/h1-3,6,10,12-13H,4-5,7-8H2,(H3,16,17,18). The molecule has 0 aliphatic heterocycles. The third-order valence-electron chi connectivity index (χ3n) is 3.68. The molecule has 4 heteroatoms. The Morgan fingerprint density at radius 3 is 2.78 bits per heavy atom. The second-order valence-electron chi connectivity index (χ2n) is 5.31. The largest absolute Gasteiger partial charge is 0.370 e. The van der Waals surface area contributed by atoms with Crippen molar-refractivity contribution in [3.8, 4) is 0 Å².